The van der Waals surface area contributed by atoms with Gasteiger partial charge in [0.2, 0.25) is 0 Å². The van der Waals surface area contributed by atoms with Gasteiger partial charge < -0.3 is 14.6 Å². The van der Waals surface area contributed by atoms with Crippen LogP contribution in [0.3, 0.4) is 0 Å². The number of nitrogens with zero attached hydrogens (tertiary/aromatic N) is 1. The highest BCUT2D eigenvalue weighted by atomic mass is 35.5. The Labute approximate surface area is 161 Å². The minimum absolute atomic E-state index is 0.0578. The van der Waals surface area contributed by atoms with Crippen molar-refractivity contribution in [1.29, 1.82) is 0 Å². The molecule has 134 valence electrons. The topological polar surface area (TPSA) is 51.6 Å². The lowest BCUT2D eigenvalue weighted by Crippen LogP contribution is -2.16. The average Bonchev–Trinajstić information content (AvgIpc) is 3.11. The van der Waals surface area contributed by atoms with Crippen LogP contribution < -0.4 is 4.74 Å². The van der Waals surface area contributed by atoms with E-state index in [9.17, 15) is 5.11 Å². The Kier molecular flexibility index (Phi) is 6.47. The van der Waals surface area contributed by atoms with Crippen molar-refractivity contribution < 1.29 is 14.6 Å². The van der Waals surface area contributed by atoms with Crippen molar-refractivity contribution >= 4 is 35.0 Å². The third-order valence-electron chi connectivity index (χ3n) is 4.10. The molecular formula is C18H19Cl2NO3S. The van der Waals surface area contributed by atoms with Gasteiger partial charge in [0, 0.05) is 30.1 Å². The largest absolute Gasteiger partial charge is 0.487 e. The lowest BCUT2D eigenvalue weighted by molar-refractivity contribution is 0.138. The number of rotatable bonds is 6. The van der Waals surface area contributed by atoms with Crippen molar-refractivity contribution in [3.8, 4) is 5.75 Å². The Morgan fingerprint density at radius 1 is 1.36 bits per heavy atom. The molecule has 1 N–H and O–H groups in total. The molecule has 2 aromatic rings. The van der Waals surface area contributed by atoms with Crippen LogP contribution in [-0.4, -0.2) is 35.7 Å². The SMILES string of the molecule is CSc1ccc(C(O)Cc2c(Cl)cncc2Cl)cc1OC1CCOC1. The maximum absolute atomic E-state index is 10.6. The Hall–Kier alpha value is -0.980. The molecule has 4 nitrogen and oxygen atoms in total. The second kappa shape index (κ2) is 8.60. The summed E-state index contributed by atoms with van der Waals surface area (Å²) >= 11 is 13.9. The van der Waals surface area contributed by atoms with Gasteiger partial charge >= 0.3 is 0 Å². The molecule has 1 saturated heterocycles. The summed E-state index contributed by atoms with van der Waals surface area (Å²) in [6.07, 6.45) is 5.56. The quantitative estimate of drug-likeness (QED) is 0.721. The molecule has 0 amide bonds. The van der Waals surface area contributed by atoms with Crippen LogP contribution in [0.2, 0.25) is 10.0 Å². The molecule has 1 aliphatic heterocycles. The zero-order chi connectivity index (χ0) is 17.8. The predicted molar refractivity (Wildman–Crippen MR) is 101 cm³/mol. The van der Waals surface area contributed by atoms with E-state index in [1.165, 1.54) is 12.4 Å². The van der Waals surface area contributed by atoms with Gasteiger partial charge in [-0.1, -0.05) is 29.3 Å². The van der Waals surface area contributed by atoms with Gasteiger partial charge in [0.05, 0.1) is 29.4 Å². The molecule has 1 fully saturated rings. The number of ether oxygens (including phenoxy) is 2. The molecule has 0 saturated carbocycles. The second-order valence-corrected chi connectivity index (χ2v) is 7.48. The maximum atomic E-state index is 10.6. The molecule has 0 bridgehead atoms. The first-order chi connectivity index (χ1) is 12.1. The lowest BCUT2D eigenvalue weighted by Gasteiger charge is -2.18. The first-order valence-electron chi connectivity index (χ1n) is 7.96. The molecule has 7 heteroatoms. The van der Waals surface area contributed by atoms with Crippen LogP contribution in [0.4, 0.5) is 0 Å². The Bertz CT molecular complexity index is 718. The molecule has 0 aliphatic carbocycles. The van der Waals surface area contributed by atoms with Crippen LogP contribution in [-0.2, 0) is 11.2 Å². The van der Waals surface area contributed by atoms with E-state index in [2.05, 4.69) is 4.98 Å². The molecule has 25 heavy (non-hydrogen) atoms. The van der Waals surface area contributed by atoms with E-state index in [0.717, 1.165) is 29.2 Å². The van der Waals surface area contributed by atoms with Crippen molar-refractivity contribution in [3.05, 3.63) is 51.8 Å². The number of hydrogen-bond acceptors (Lipinski definition) is 5. The molecule has 2 atom stereocenters. The number of benzene rings is 1. The highest BCUT2D eigenvalue weighted by Gasteiger charge is 2.20. The summed E-state index contributed by atoms with van der Waals surface area (Å²) in [5.74, 6) is 0.770. The highest BCUT2D eigenvalue weighted by Crippen LogP contribution is 2.34. The van der Waals surface area contributed by atoms with Gasteiger partial charge in [0.1, 0.15) is 11.9 Å². The van der Waals surface area contributed by atoms with Crippen LogP contribution >= 0.6 is 35.0 Å². The molecule has 2 unspecified atom stereocenters. The number of thioether (sulfide) groups is 1. The van der Waals surface area contributed by atoms with Gasteiger partial charge in [-0.15, -0.1) is 11.8 Å². The monoisotopic (exact) mass is 399 g/mol. The molecule has 0 radical (unpaired) electrons. The Balaban J connectivity index is 1.81. The van der Waals surface area contributed by atoms with Crippen LogP contribution in [0.25, 0.3) is 0 Å². The zero-order valence-corrected chi connectivity index (χ0v) is 16.1. The van der Waals surface area contributed by atoms with Crippen molar-refractivity contribution in [3.63, 3.8) is 0 Å². The minimum Gasteiger partial charge on any atom is -0.487 e. The van der Waals surface area contributed by atoms with E-state index < -0.39 is 6.10 Å². The molecule has 1 aromatic heterocycles. The van der Waals surface area contributed by atoms with Gasteiger partial charge in [-0.25, -0.2) is 0 Å². The first-order valence-corrected chi connectivity index (χ1v) is 9.95. The third kappa shape index (κ3) is 4.60. The normalized spacial score (nSPS) is 18.3. The minimum atomic E-state index is -0.740. The van der Waals surface area contributed by atoms with Gasteiger partial charge in [0.15, 0.2) is 0 Å². The van der Waals surface area contributed by atoms with Crippen molar-refractivity contribution in [2.75, 3.05) is 19.5 Å². The lowest BCUT2D eigenvalue weighted by atomic mass is 10.0. The van der Waals surface area contributed by atoms with Crippen LogP contribution in [0, 0.1) is 0 Å². The zero-order valence-electron chi connectivity index (χ0n) is 13.7. The van der Waals surface area contributed by atoms with E-state index in [1.54, 1.807) is 11.8 Å². The summed E-state index contributed by atoms with van der Waals surface area (Å²) in [7, 11) is 0. The summed E-state index contributed by atoms with van der Waals surface area (Å²) in [6, 6.07) is 5.75. The molecule has 0 spiro atoms. The first kappa shape index (κ1) is 18.8. The fourth-order valence-electron chi connectivity index (χ4n) is 2.72. The summed E-state index contributed by atoms with van der Waals surface area (Å²) < 4.78 is 11.4. The standard InChI is InChI=1S/C18H19Cl2NO3S/c1-25-18-3-2-11(6-17(18)24-12-4-5-23-10-12)16(22)7-13-14(19)8-21-9-15(13)20/h2-3,6,8-9,12,16,22H,4-5,7,10H2,1H3. The second-order valence-electron chi connectivity index (χ2n) is 5.82. The van der Waals surface area contributed by atoms with Crippen molar-refractivity contribution in [2.45, 2.75) is 29.9 Å². The van der Waals surface area contributed by atoms with Gasteiger partial charge in [0.25, 0.3) is 0 Å². The van der Waals surface area contributed by atoms with E-state index in [-0.39, 0.29) is 6.10 Å². The third-order valence-corrected chi connectivity index (χ3v) is 5.53. The van der Waals surface area contributed by atoms with Crippen molar-refractivity contribution in [1.82, 2.24) is 4.98 Å². The molecular weight excluding hydrogens is 381 g/mol. The number of aliphatic hydroxyl groups excluding tert-OH is 1. The summed E-state index contributed by atoms with van der Waals surface area (Å²) in [5, 5.41) is 11.5. The van der Waals surface area contributed by atoms with Crippen molar-refractivity contribution in [2.24, 2.45) is 0 Å². The summed E-state index contributed by atoms with van der Waals surface area (Å²) in [6.45, 7) is 1.32. The molecule has 2 heterocycles. The molecule has 3 rings (SSSR count). The molecule has 1 aromatic carbocycles. The number of aliphatic hydroxyl groups is 1. The predicted octanol–water partition coefficient (Wildman–Crippen LogP) is 4.55. The van der Waals surface area contributed by atoms with E-state index >= 15 is 0 Å². The van der Waals surface area contributed by atoms with Gasteiger partial charge in [-0.2, -0.15) is 0 Å². The van der Waals surface area contributed by atoms with Crippen LogP contribution in [0.5, 0.6) is 5.75 Å². The van der Waals surface area contributed by atoms with Gasteiger partial charge in [-0.3, -0.25) is 4.98 Å². The van der Waals surface area contributed by atoms with E-state index in [0.29, 0.717) is 28.6 Å². The van der Waals surface area contributed by atoms with E-state index in [1.807, 2.05) is 24.5 Å². The van der Waals surface area contributed by atoms with Gasteiger partial charge in [-0.05, 0) is 29.5 Å². The van der Waals surface area contributed by atoms with Crippen LogP contribution in [0.1, 0.15) is 23.7 Å². The smallest absolute Gasteiger partial charge is 0.133 e. The molecule has 1 aliphatic rings. The number of halogens is 2. The fraction of sp³-hybridized carbons (Fsp3) is 0.389. The highest BCUT2D eigenvalue weighted by molar-refractivity contribution is 7.98. The maximum Gasteiger partial charge on any atom is 0.133 e. The Morgan fingerprint density at radius 2 is 2.12 bits per heavy atom. The summed E-state index contributed by atoms with van der Waals surface area (Å²) in [4.78, 5) is 4.97. The van der Waals surface area contributed by atoms with E-state index in [4.69, 9.17) is 32.7 Å². The average molecular weight is 400 g/mol. The number of hydrogen-bond donors (Lipinski definition) is 1. The summed E-state index contributed by atoms with van der Waals surface area (Å²) in [5.41, 5.74) is 1.45. The Morgan fingerprint density at radius 3 is 2.76 bits per heavy atom. The van der Waals surface area contributed by atoms with Crippen LogP contribution in [0.15, 0.2) is 35.5 Å². The fourth-order valence-corrected chi connectivity index (χ4v) is 3.75. The number of pyridine rings is 1. The number of aromatic nitrogens is 1.